The highest BCUT2D eigenvalue weighted by Gasteiger charge is 2.44. The summed E-state index contributed by atoms with van der Waals surface area (Å²) in [5.74, 6) is 0. The molecule has 0 radical (unpaired) electrons. The predicted molar refractivity (Wildman–Crippen MR) is 85.2 cm³/mol. The fourth-order valence-corrected chi connectivity index (χ4v) is 3.76. The maximum absolute atomic E-state index is 5.80. The van der Waals surface area contributed by atoms with E-state index in [2.05, 4.69) is 37.9 Å². The van der Waals surface area contributed by atoms with Crippen LogP contribution in [0, 0.1) is 0 Å². The minimum atomic E-state index is 0.295. The highest BCUT2D eigenvalue weighted by atomic mass is 16.5. The molecule has 1 aliphatic carbocycles. The first-order valence-electron chi connectivity index (χ1n) is 8.61. The van der Waals surface area contributed by atoms with Gasteiger partial charge in [0.1, 0.15) is 0 Å². The predicted octanol–water partition coefficient (Wildman–Crippen LogP) is 3.19. The lowest BCUT2D eigenvalue weighted by atomic mass is 9.77. The number of nitrogens with zero attached hydrogens (tertiary/aromatic N) is 1. The quantitative estimate of drug-likeness (QED) is 0.838. The van der Waals surface area contributed by atoms with Crippen LogP contribution >= 0.6 is 0 Å². The first kappa shape index (κ1) is 16.3. The van der Waals surface area contributed by atoms with Crippen LogP contribution in [0.3, 0.4) is 0 Å². The van der Waals surface area contributed by atoms with E-state index in [1.807, 2.05) is 0 Å². The molecule has 1 aliphatic heterocycles. The molecule has 0 aromatic carbocycles. The normalized spacial score (nSPS) is 31.1. The average molecular weight is 282 g/mol. The molecular weight excluding hydrogens is 248 g/mol. The summed E-state index contributed by atoms with van der Waals surface area (Å²) in [6.07, 6.45) is 8.47. The van der Waals surface area contributed by atoms with Gasteiger partial charge in [-0.25, -0.2) is 0 Å². The van der Waals surface area contributed by atoms with Gasteiger partial charge in [-0.15, -0.1) is 0 Å². The first-order chi connectivity index (χ1) is 9.50. The summed E-state index contributed by atoms with van der Waals surface area (Å²) < 4.78 is 5.80. The van der Waals surface area contributed by atoms with E-state index in [1.54, 1.807) is 0 Å². The maximum atomic E-state index is 5.80. The molecule has 0 aromatic heterocycles. The zero-order chi connectivity index (χ0) is 14.6. The van der Waals surface area contributed by atoms with Gasteiger partial charge >= 0.3 is 0 Å². The monoisotopic (exact) mass is 282 g/mol. The Morgan fingerprint density at radius 1 is 1.20 bits per heavy atom. The molecule has 2 aliphatic rings. The van der Waals surface area contributed by atoms with Gasteiger partial charge in [0.25, 0.3) is 0 Å². The van der Waals surface area contributed by atoms with Crippen molar-refractivity contribution in [1.29, 1.82) is 0 Å². The van der Waals surface area contributed by atoms with E-state index in [9.17, 15) is 0 Å². The largest absolute Gasteiger partial charge is 0.377 e. The number of hydrogen-bond acceptors (Lipinski definition) is 3. The second-order valence-corrected chi connectivity index (χ2v) is 7.39. The summed E-state index contributed by atoms with van der Waals surface area (Å²) in [5, 5.41) is 3.92. The average Bonchev–Trinajstić information content (AvgIpc) is 2.44. The summed E-state index contributed by atoms with van der Waals surface area (Å²) >= 11 is 0. The molecular formula is C17H34N2O. The van der Waals surface area contributed by atoms with Gasteiger partial charge in [0.2, 0.25) is 0 Å². The van der Waals surface area contributed by atoms with Crippen molar-refractivity contribution in [3.05, 3.63) is 0 Å². The Balaban J connectivity index is 1.98. The van der Waals surface area contributed by atoms with Crippen LogP contribution in [0.4, 0.5) is 0 Å². The van der Waals surface area contributed by atoms with E-state index >= 15 is 0 Å². The molecule has 2 fully saturated rings. The highest BCUT2D eigenvalue weighted by molar-refractivity contribution is 5.04. The lowest BCUT2D eigenvalue weighted by Crippen LogP contribution is -2.69. The van der Waals surface area contributed by atoms with Gasteiger partial charge < -0.3 is 10.1 Å². The summed E-state index contributed by atoms with van der Waals surface area (Å²) in [5.41, 5.74) is 0.688. The Hall–Kier alpha value is -0.120. The Bertz CT molecular complexity index is 299. The Morgan fingerprint density at radius 2 is 1.90 bits per heavy atom. The molecule has 1 N–H and O–H groups in total. The summed E-state index contributed by atoms with van der Waals surface area (Å²) in [4.78, 5) is 2.71. The van der Waals surface area contributed by atoms with Crippen LogP contribution in [0.25, 0.3) is 0 Å². The van der Waals surface area contributed by atoms with Crippen LogP contribution in [0.2, 0.25) is 0 Å². The Morgan fingerprint density at radius 3 is 2.50 bits per heavy atom. The second kappa shape index (κ2) is 6.76. The fourth-order valence-electron chi connectivity index (χ4n) is 3.76. The van der Waals surface area contributed by atoms with Gasteiger partial charge in [0, 0.05) is 30.7 Å². The van der Waals surface area contributed by atoms with Crippen molar-refractivity contribution < 1.29 is 4.74 Å². The van der Waals surface area contributed by atoms with Crippen LogP contribution in [-0.2, 0) is 4.74 Å². The number of nitrogens with one attached hydrogen (secondary N) is 1. The van der Waals surface area contributed by atoms with Crippen molar-refractivity contribution in [1.82, 2.24) is 10.2 Å². The zero-order valence-electron chi connectivity index (χ0n) is 14.0. The van der Waals surface area contributed by atoms with Crippen LogP contribution < -0.4 is 5.32 Å². The van der Waals surface area contributed by atoms with Crippen molar-refractivity contribution in [2.24, 2.45) is 0 Å². The molecule has 1 unspecified atom stereocenters. The Kier molecular flexibility index (Phi) is 5.49. The molecule has 1 spiro atoms. The van der Waals surface area contributed by atoms with Crippen molar-refractivity contribution in [3.8, 4) is 0 Å². The van der Waals surface area contributed by atoms with E-state index in [1.165, 1.54) is 45.1 Å². The third-order valence-electron chi connectivity index (χ3n) is 5.49. The lowest BCUT2D eigenvalue weighted by molar-refractivity contribution is -0.0273. The number of piperazine rings is 1. The van der Waals surface area contributed by atoms with Gasteiger partial charge in [-0.1, -0.05) is 26.2 Å². The maximum Gasteiger partial charge on any atom is 0.0597 e. The smallest absolute Gasteiger partial charge is 0.0597 e. The molecule has 1 atom stereocenters. The molecule has 0 amide bonds. The van der Waals surface area contributed by atoms with Crippen LogP contribution in [0.15, 0.2) is 0 Å². The number of hydrogen-bond donors (Lipinski definition) is 1. The Labute approximate surface area is 125 Å². The van der Waals surface area contributed by atoms with Gasteiger partial charge in [0.15, 0.2) is 0 Å². The minimum Gasteiger partial charge on any atom is -0.377 e. The first-order valence-corrected chi connectivity index (χ1v) is 8.61. The van der Waals surface area contributed by atoms with Gasteiger partial charge in [-0.3, -0.25) is 4.90 Å². The summed E-state index contributed by atoms with van der Waals surface area (Å²) in [7, 11) is 0. The summed E-state index contributed by atoms with van der Waals surface area (Å²) in [6.45, 7) is 13.2. The molecule has 2 rings (SSSR count). The van der Waals surface area contributed by atoms with Crippen molar-refractivity contribution >= 4 is 0 Å². The topological polar surface area (TPSA) is 24.5 Å². The summed E-state index contributed by atoms with van der Waals surface area (Å²) in [6, 6.07) is 0. The van der Waals surface area contributed by atoms with E-state index in [0.29, 0.717) is 17.2 Å². The molecule has 20 heavy (non-hydrogen) atoms. The molecule has 0 aromatic rings. The van der Waals surface area contributed by atoms with E-state index in [4.69, 9.17) is 4.74 Å². The van der Waals surface area contributed by atoms with Crippen molar-refractivity contribution in [2.75, 3.05) is 26.2 Å². The van der Waals surface area contributed by atoms with Gasteiger partial charge in [-0.05, 0) is 40.0 Å². The molecule has 0 bridgehead atoms. The highest BCUT2D eigenvalue weighted by Crippen LogP contribution is 2.35. The second-order valence-electron chi connectivity index (χ2n) is 7.39. The fraction of sp³-hybridized carbons (Fsp3) is 1.00. The molecule has 118 valence electrons. The molecule has 3 heteroatoms. The van der Waals surface area contributed by atoms with E-state index in [-0.39, 0.29) is 0 Å². The standard InChI is InChI=1S/C17H34N2O/c1-5-16(4)13-18-17(9-7-6-8-10-17)14-19(16)11-12-20-15(2)3/h15,18H,5-14H2,1-4H3. The van der Waals surface area contributed by atoms with Crippen molar-refractivity contribution in [3.63, 3.8) is 0 Å². The number of rotatable bonds is 5. The third-order valence-corrected chi connectivity index (χ3v) is 5.49. The third kappa shape index (κ3) is 3.75. The number of ether oxygens (including phenoxy) is 1. The van der Waals surface area contributed by atoms with Crippen LogP contribution in [0.1, 0.15) is 66.2 Å². The molecule has 3 nitrogen and oxygen atoms in total. The van der Waals surface area contributed by atoms with Crippen LogP contribution in [0.5, 0.6) is 0 Å². The SMILES string of the molecule is CCC1(C)CNC2(CCCCC2)CN1CCOC(C)C. The van der Waals surface area contributed by atoms with Gasteiger partial charge in [-0.2, -0.15) is 0 Å². The van der Waals surface area contributed by atoms with E-state index < -0.39 is 0 Å². The van der Waals surface area contributed by atoms with Crippen molar-refractivity contribution in [2.45, 2.75) is 83.4 Å². The lowest BCUT2D eigenvalue weighted by Gasteiger charge is -2.54. The van der Waals surface area contributed by atoms with E-state index in [0.717, 1.165) is 19.7 Å². The van der Waals surface area contributed by atoms with Crippen LogP contribution in [-0.4, -0.2) is 48.3 Å². The molecule has 1 heterocycles. The molecule has 1 saturated heterocycles. The van der Waals surface area contributed by atoms with Gasteiger partial charge in [0.05, 0.1) is 12.7 Å². The molecule has 1 saturated carbocycles. The minimum absolute atomic E-state index is 0.295. The zero-order valence-corrected chi connectivity index (χ0v) is 14.0.